The van der Waals surface area contributed by atoms with Gasteiger partial charge in [-0.05, 0) is 36.8 Å². The minimum atomic E-state index is 0.421. The van der Waals surface area contributed by atoms with E-state index in [-0.39, 0.29) is 0 Å². The molecule has 1 aliphatic rings. The van der Waals surface area contributed by atoms with Crippen LogP contribution in [0, 0.1) is 11.8 Å². The fourth-order valence-corrected chi connectivity index (χ4v) is 3.04. The summed E-state index contributed by atoms with van der Waals surface area (Å²) in [4.78, 5) is 4.50. The van der Waals surface area contributed by atoms with Crippen molar-refractivity contribution in [1.29, 1.82) is 0 Å². The number of ether oxygens (including phenoxy) is 2. The number of aliphatic imine (C=N–C) groups is 1. The predicted octanol–water partition coefficient (Wildman–Crippen LogP) is 3.26. The molecule has 1 aromatic rings. The first kappa shape index (κ1) is 16.5. The molecule has 1 aliphatic carbocycles. The lowest BCUT2D eigenvalue weighted by Gasteiger charge is -2.25. The van der Waals surface area contributed by atoms with Crippen LogP contribution in [0.25, 0.3) is 0 Å². The van der Waals surface area contributed by atoms with E-state index in [9.17, 15) is 0 Å². The number of methoxy groups -OCH3 is 2. The average molecular weight is 305 g/mol. The van der Waals surface area contributed by atoms with Gasteiger partial charge < -0.3 is 20.5 Å². The van der Waals surface area contributed by atoms with E-state index < -0.39 is 0 Å². The first-order valence-corrected chi connectivity index (χ1v) is 7.91. The van der Waals surface area contributed by atoms with Gasteiger partial charge in [0, 0.05) is 12.6 Å². The Hall–Kier alpha value is -1.91. The minimum absolute atomic E-state index is 0.421. The number of nitrogens with one attached hydrogen (secondary N) is 1. The third-order valence-corrected chi connectivity index (χ3v) is 4.23. The summed E-state index contributed by atoms with van der Waals surface area (Å²) < 4.78 is 10.6. The third kappa shape index (κ3) is 4.55. The van der Waals surface area contributed by atoms with Gasteiger partial charge in [0.1, 0.15) is 11.5 Å². The van der Waals surface area contributed by atoms with E-state index in [0.717, 1.165) is 23.9 Å². The smallest absolute Gasteiger partial charge is 0.193 e. The van der Waals surface area contributed by atoms with Gasteiger partial charge in [-0.1, -0.05) is 19.8 Å². The molecule has 0 bridgehead atoms. The number of benzene rings is 1. The quantitative estimate of drug-likeness (QED) is 0.647. The number of nitrogens with two attached hydrogens (primary N) is 1. The molecule has 22 heavy (non-hydrogen) atoms. The largest absolute Gasteiger partial charge is 0.497 e. The lowest BCUT2D eigenvalue weighted by Crippen LogP contribution is -2.25. The molecule has 122 valence electrons. The summed E-state index contributed by atoms with van der Waals surface area (Å²) in [6, 6.07) is 5.54. The van der Waals surface area contributed by atoms with Crippen molar-refractivity contribution in [2.24, 2.45) is 22.6 Å². The van der Waals surface area contributed by atoms with E-state index in [1.54, 1.807) is 14.2 Å². The Morgan fingerprint density at radius 1 is 1.32 bits per heavy atom. The van der Waals surface area contributed by atoms with E-state index in [1.807, 2.05) is 18.2 Å². The monoisotopic (exact) mass is 305 g/mol. The molecular weight excluding hydrogens is 278 g/mol. The lowest BCUT2D eigenvalue weighted by molar-refractivity contribution is 0.289. The zero-order valence-electron chi connectivity index (χ0n) is 13.8. The second-order valence-electron chi connectivity index (χ2n) is 6.05. The summed E-state index contributed by atoms with van der Waals surface area (Å²) in [5.74, 6) is 3.34. The highest BCUT2D eigenvalue weighted by atomic mass is 16.5. The zero-order valence-corrected chi connectivity index (χ0v) is 13.8. The van der Waals surface area contributed by atoms with E-state index in [1.165, 1.54) is 25.7 Å². The Balaban J connectivity index is 1.98. The van der Waals surface area contributed by atoms with E-state index >= 15 is 0 Å². The molecule has 0 radical (unpaired) electrons. The van der Waals surface area contributed by atoms with Crippen LogP contribution in [-0.2, 0) is 0 Å². The van der Waals surface area contributed by atoms with Crippen LogP contribution >= 0.6 is 0 Å². The highest BCUT2D eigenvalue weighted by molar-refractivity contribution is 5.94. The first-order chi connectivity index (χ1) is 10.6. The molecule has 0 saturated heterocycles. The van der Waals surface area contributed by atoms with Gasteiger partial charge in [0.25, 0.3) is 0 Å². The number of anilines is 1. The van der Waals surface area contributed by atoms with Crippen LogP contribution in [-0.4, -0.2) is 26.7 Å². The van der Waals surface area contributed by atoms with E-state index in [4.69, 9.17) is 15.2 Å². The Morgan fingerprint density at radius 3 is 2.82 bits per heavy atom. The Bertz CT molecular complexity index is 517. The Kier molecular flexibility index (Phi) is 5.92. The van der Waals surface area contributed by atoms with Gasteiger partial charge in [0.2, 0.25) is 0 Å². The van der Waals surface area contributed by atoms with Crippen molar-refractivity contribution in [3.8, 4) is 11.5 Å². The maximum Gasteiger partial charge on any atom is 0.193 e. The van der Waals surface area contributed by atoms with Crippen molar-refractivity contribution >= 4 is 11.6 Å². The summed E-state index contributed by atoms with van der Waals surface area (Å²) in [6.07, 6.45) is 5.15. The molecule has 1 fully saturated rings. The normalized spacial score (nSPS) is 22.2. The summed E-state index contributed by atoms with van der Waals surface area (Å²) >= 11 is 0. The average Bonchev–Trinajstić information content (AvgIpc) is 2.53. The second-order valence-corrected chi connectivity index (χ2v) is 6.05. The number of hydrogen-bond acceptors (Lipinski definition) is 3. The first-order valence-electron chi connectivity index (χ1n) is 7.91. The topological polar surface area (TPSA) is 68.9 Å². The number of guanidine groups is 1. The van der Waals surface area contributed by atoms with Crippen molar-refractivity contribution in [2.75, 3.05) is 26.1 Å². The molecule has 0 aliphatic heterocycles. The van der Waals surface area contributed by atoms with Crippen LogP contribution in [0.2, 0.25) is 0 Å². The summed E-state index contributed by atoms with van der Waals surface area (Å²) in [5.41, 5.74) is 6.78. The molecule has 0 amide bonds. The molecule has 2 rings (SSSR count). The summed E-state index contributed by atoms with van der Waals surface area (Å²) in [5, 5.41) is 3.11. The van der Waals surface area contributed by atoms with Gasteiger partial charge in [-0.25, -0.2) is 0 Å². The lowest BCUT2D eigenvalue weighted by atomic mass is 9.82. The highest BCUT2D eigenvalue weighted by Crippen LogP contribution is 2.30. The van der Waals surface area contributed by atoms with Crippen molar-refractivity contribution in [1.82, 2.24) is 0 Å². The van der Waals surface area contributed by atoms with Gasteiger partial charge in [0.05, 0.1) is 19.9 Å². The number of nitrogens with zero attached hydrogens (tertiary/aromatic N) is 1. The minimum Gasteiger partial charge on any atom is -0.497 e. The van der Waals surface area contributed by atoms with Crippen LogP contribution in [0.5, 0.6) is 11.5 Å². The van der Waals surface area contributed by atoms with Crippen molar-refractivity contribution < 1.29 is 9.47 Å². The standard InChI is InChI=1S/C17H27N3O2/c1-12-5-4-6-13(9-12)11-19-17(18)20-15-10-14(21-2)7-8-16(15)22-3/h7-8,10,12-13H,4-6,9,11H2,1-3H3,(H3,18,19,20). The molecule has 1 saturated carbocycles. The fourth-order valence-electron chi connectivity index (χ4n) is 3.04. The van der Waals surface area contributed by atoms with Crippen LogP contribution in [0.4, 0.5) is 5.69 Å². The molecule has 2 atom stereocenters. The second kappa shape index (κ2) is 7.92. The number of rotatable bonds is 5. The maximum atomic E-state index is 6.02. The Labute approximate surface area is 132 Å². The summed E-state index contributed by atoms with van der Waals surface area (Å²) in [6.45, 7) is 3.11. The van der Waals surface area contributed by atoms with Gasteiger partial charge in [-0.3, -0.25) is 4.99 Å². The van der Waals surface area contributed by atoms with Crippen molar-refractivity contribution in [3.63, 3.8) is 0 Å². The zero-order chi connectivity index (χ0) is 15.9. The molecule has 1 aromatic carbocycles. The van der Waals surface area contributed by atoms with Crippen molar-refractivity contribution in [3.05, 3.63) is 18.2 Å². The van der Waals surface area contributed by atoms with Crippen LogP contribution < -0.4 is 20.5 Å². The molecular formula is C17H27N3O2. The maximum absolute atomic E-state index is 6.02. The molecule has 2 unspecified atom stereocenters. The van der Waals surface area contributed by atoms with Gasteiger partial charge in [0.15, 0.2) is 5.96 Å². The fraction of sp³-hybridized carbons (Fsp3) is 0.588. The Morgan fingerprint density at radius 2 is 2.14 bits per heavy atom. The van der Waals surface area contributed by atoms with E-state index in [2.05, 4.69) is 17.2 Å². The highest BCUT2D eigenvalue weighted by Gasteiger charge is 2.18. The molecule has 5 heteroatoms. The van der Waals surface area contributed by atoms with Crippen LogP contribution in [0.15, 0.2) is 23.2 Å². The van der Waals surface area contributed by atoms with Crippen LogP contribution in [0.3, 0.4) is 0 Å². The summed E-state index contributed by atoms with van der Waals surface area (Å²) in [7, 11) is 3.26. The van der Waals surface area contributed by atoms with Gasteiger partial charge >= 0.3 is 0 Å². The molecule has 3 N–H and O–H groups in total. The predicted molar refractivity (Wildman–Crippen MR) is 90.8 cm³/mol. The van der Waals surface area contributed by atoms with Crippen LogP contribution in [0.1, 0.15) is 32.6 Å². The molecule has 0 heterocycles. The third-order valence-electron chi connectivity index (χ3n) is 4.23. The van der Waals surface area contributed by atoms with Crippen molar-refractivity contribution in [2.45, 2.75) is 32.6 Å². The molecule has 0 aromatic heterocycles. The molecule has 0 spiro atoms. The van der Waals surface area contributed by atoms with E-state index in [0.29, 0.717) is 17.6 Å². The molecule has 5 nitrogen and oxygen atoms in total. The van der Waals surface area contributed by atoms with Gasteiger partial charge in [-0.2, -0.15) is 0 Å². The number of hydrogen-bond donors (Lipinski definition) is 2. The SMILES string of the molecule is COc1ccc(OC)c(NC(N)=NCC2CCCC(C)C2)c1. The van der Waals surface area contributed by atoms with Gasteiger partial charge in [-0.15, -0.1) is 0 Å².